The first-order valence-electron chi connectivity index (χ1n) is 9.59. The molecule has 0 fully saturated rings. The molecule has 0 spiro atoms. The molecule has 1 aromatic heterocycles. The number of benzene rings is 3. The molecule has 0 radical (unpaired) electrons. The van der Waals surface area contributed by atoms with Crippen molar-refractivity contribution in [3.63, 3.8) is 0 Å². The monoisotopic (exact) mass is 397 g/mol. The molecule has 0 amide bonds. The van der Waals surface area contributed by atoms with Crippen LogP contribution >= 0.6 is 0 Å². The first kappa shape index (κ1) is 19.4. The molecule has 0 saturated heterocycles. The first-order valence-corrected chi connectivity index (χ1v) is 9.59. The second-order valence-corrected chi connectivity index (χ2v) is 7.16. The van der Waals surface area contributed by atoms with E-state index in [1.807, 2.05) is 38.1 Å². The molecule has 0 unspecified atom stereocenters. The molecule has 1 N–H and O–H groups in total. The lowest BCUT2D eigenvalue weighted by molar-refractivity contribution is 0.300. The average molecular weight is 397 g/mol. The molecular formula is C25H20FN3O. The number of ether oxygens (including phenoxy) is 1. The lowest BCUT2D eigenvalue weighted by Crippen LogP contribution is -1.98. The molecule has 4 nitrogen and oxygen atoms in total. The summed E-state index contributed by atoms with van der Waals surface area (Å²) in [6.07, 6.45) is 1.78. The number of aromatic amines is 1. The van der Waals surface area contributed by atoms with E-state index in [1.54, 1.807) is 36.4 Å². The second kappa shape index (κ2) is 8.22. The summed E-state index contributed by atoms with van der Waals surface area (Å²) < 4.78 is 19.4. The van der Waals surface area contributed by atoms with Gasteiger partial charge in [-0.3, -0.25) is 0 Å². The summed E-state index contributed by atoms with van der Waals surface area (Å²) in [5, 5.41) is 9.63. The Morgan fingerprint density at radius 3 is 2.57 bits per heavy atom. The van der Waals surface area contributed by atoms with E-state index in [1.165, 1.54) is 11.6 Å². The van der Waals surface area contributed by atoms with Crippen LogP contribution in [0, 0.1) is 31.0 Å². The molecule has 0 aliphatic rings. The molecule has 0 bridgehead atoms. The van der Waals surface area contributed by atoms with E-state index in [0.29, 0.717) is 22.7 Å². The summed E-state index contributed by atoms with van der Waals surface area (Å²) in [4.78, 5) is 7.79. The zero-order valence-corrected chi connectivity index (χ0v) is 16.7. The molecule has 148 valence electrons. The number of rotatable bonds is 5. The highest BCUT2D eigenvalue weighted by Crippen LogP contribution is 2.23. The van der Waals surface area contributed by atoms with Crippen LogP contribution in [0.25, 0.3) is 22.7 Å². The Bertz CT molecular complexity index is 1240. The maximum absolute atomic E-state index is 13.7. The van der Waals surface area contributed by atoms with Crippen molar-refractivity contribution in [1.82, 2.24) is 9.97 Å². The Morgan fingerprint density at radius 1 is 1.10 bits per heavy atom. The molecule has 1 heterocycles. The predicted molar refractivity (Wildman–Crippen MR) is 116 cm³/mol. The zero-order valence-electron chi connectivity index (χ0n) is 16.7. The van der Waals surface area contributed by atoms with E-state index in [0.717, 1.165) is 22.2 Å². The third-order valence-corrected chi connectivity index (χ3v) is 5.02. The topological polar surface area (TPSA) is 61.7 Å². The second-order valence-electron chi connectivity index (χ2n) is 7.16. The van der Waals surface area contributed by atoms with Crippen LogP contribution in [0.1, 0.15) is 28.1 Å². The quantitative estimate of drug-likeness (QED) is 0.423. The molecule has 4 rings (SSSR count). The van der Waals surface area contributed by atoms with Gasteiger partial charge in [0.15, 0.2) is 0 Å². The van der Waals surface area contributed by atoms with Gasteiger partial charge in [0.1, 0.15) is 30.1 Å². The number of aromatic nitrogens is 2. The molecule has 4 aromatic rings. The van der Waals surface area contributed by atoms with Gasteiger partial charge in [-0.25, -0.2) is 9.37 Å². The summed E-state index contributed by atoms with van der Waals surface area (Å²) in [5.74, 6) is 0.882. The summed E-state index contributed by atoms with van der Waals surface area (Å²) in [5.41, 5.74) is 5.88. The lowest BCUT2D eigenvalue weighted by Gasteiger charge is -2.07. The third-order valence-electron chi connectivity index (χ3n) is 5.02. The number of hydrogen-bond acceptors (Lipinski definition) is 3. The number of fused-ring (bicyclic) bond motifs is 1. The van der Waals surface area contributed by atoms with Gasteiger partial charge in [0.05, 0.1) is 16.6 Å². The van der Waals surface area contributed by atoms with Gasteiger partial charge in [0.2, 0.25) is 0 Å². The maximum atomic E-state index is 13.7. The van der Waals surface area contributed by atoms with E-state index in [4.69, 9.17) is 4.74 Å². The van der Waals surface area contributed by atoms with E-state index in [2.05, 4.69) is 16.0 Å². The molecule has 3 aromatic carbocycles. The van der Waals surface area contributed by atoms with Gasteiger partial charge in [0.25, 0.3) is 0 Å². The number of imidazole rings is 1. The van der Waals surface area contributed by atoms with Crippen molar-refractivity contribution in [2.45, 2.75) is 20.5 Å². The minimum Gasteiger partial charge on any atom is -0.489 e. The van der Waals surface area contributed by atoms with Crippen LogP contribution in [0.4, 0.5) is 4.39 Å². The van der Waals surface area contributed by atoms with Gasteiger partial charge >= 0.3 is 0 Å². The molecule has 5 heteroatoms. The van der Waals surface area contributed by atoms with E-state index in [-0.39, 0.29) is 12.4 Å². The van der Waals surface area contributed by atoms with Crippen LogP contribution in [-0.4, -0.2) is 9.97 Å². The van der Waals surface area contributed by atoms with E-state index < -0.39 is 0 Å². The highest BCUT2D eigenvalue weighted by molar-refractivity contribution is 5.90. The Balaban J connectivity index is 1.53. The Kier molecular flexibility index (Phi) is 5.32. The predicted octanol–water partition coefficient (Wildman–Crippen LogP) is 5.96. The van der Waals surface area contributed by atoms with Gasteiger partial charge in [0, 0.05) is 5.56 Å². The smallest absolute Gasteiger partial charge is 0.149 e. The van der Waals surface area contributed by atoms with Crippen molar-refractivity contribution in [1.29, 1.82) is 5.26 Å². The Labute approximate surface area is 174 Å². The summed E-state index contributed by atoms with van der Waals surface area (Å²) in [6, 6.07) is 20.1. The van der Waals surface area contributed by atoms with Gasteiger partial charge in [-0.1, -0.05) is 30.3 Å². The number of allylic oxidation sites excluding steroid dienone is 1. The Hall–Kier alpha value is -3.91. The molecule has 0 aliphatic heterocycles. The summed E-state index contributed by atoms with van der Waals surface area (Å²) in [7, 11) is 0. The minimum atomic E-state index is -0.285. The fourth-order valence-corrected chi connectivity index (χ4v) is 3.15. The average Bonchev–Trinajstić information content (AvgIpc) is 3.15. The molecule has 0 saturated carbocycles. The molecule has 0 aliphatic carbocycles. The fraction of sp³-hybridized carbons (Fsp3) is 0.120. The van der Waals surface area contributed by atoms with Crippen molar-refractivity contribution >= 4 is 22.7 Å². The number of halogens is 1. The number of hydrogen-bond donors (Lipinski definition) is 1. The molecule has 30 heavy (non-hydrogen) atoms. The highest BCUT2D eigenvalue weighted by atomic mass is 19.1. The van der Waals surface area contributed by atoms with Crippen molar-refractivity contribution < 1.29 is 9.13 Å². The largest absolute Gasteiger partial charge is 0.489 e. The first-order chi connectivity index (χ1) is 14.5. The molecule has 0 atom stereocenters. The van der Waals surface area contributed by atoms with Crippen molar-refractivity contribution in [3.05, 3.63) is 94.6 Å². The fourth-order valence-electron chi connectivity index (χ4n) is 3.15. The number of H-pyrrole nitrogens is 1. The number of nitrogens with zero attached hydrogens (tertiary/aromatic N) is 2. The van der Waals surface area contributed by atoms with Gasteiger partial charge in [-0.2, -0.15) is 5.26 Å². The van der Waals surface area contributed by atoms with Gasteiger partial charge in [-0.05, 0) is 66.9 Å². The van der Waals surface area contributed by atoms with Crippen LogP contribution in [0.2, 0.25) is 0 Å². The number of nitriles is 1. The van der Waals surface area contributed by atoms with E-state index in [9.17, 15) is 9.65 Å². The van der Waals surface area contributed by atoms with Crippen LogP contribution in [0.15, 0.2) is 60.7 Å². The number of aryl methyl sites for hydroxylation is 2. The van der Waals surface area contributed by atoms with E-state index >= 15 is 0 Å². The maximum Gasteiger partial charge on any atom is 0.149 e. The van der Waals surface area contributed by atoms with Gasteiger partial charge in [-0.15, -0.1) is 0 Å². The standard InChI is InChI=1S/C25H20FN3O/c1-16-11-23-24(12-17(16)2)29-25(28-23)20(14-27)13-18-7-9-21(10-8-18)30-15-19-5-3-4-6-22(19)26/h3-13H,15H2,1-2H3,(H,28,29)/b20-13+. The summed E-state index contributed by atoms with van der Waals surface area (Å²) >= 11 is 0. The normalized spacial score (nSPS) is 11.5. The van der Waals surface area contributed by atoms with Crippen molar-refractivity contribution in [2.75, 3.05) is 0 Å². The Morgan fingerprint density at radius 2 is 1.83 bits per heavy atom. The zero-order chi connectivity index (χ0) is 21.1. The lowest BCUT2D eigenvalue weighted by atomic mass is 10.1. The SMILES string of the molecule is Cc1cc2nc(/C(C#N)=C/c3ccc(OCc4ccccc4F)cc3)[nH]c2cc1C. The third kappa shape index (κ3) is 4.08. The van der Waals surface area contributed by atoms with Crippen molar-refractivity contribution in [2.24, 2.45) is 0 Å². The minimum absolute atomic E-state index is 0.156. The molecular weight excluding hydrogens is 377 g/mol. The van der Waals surface area contributed by atoms with Crippen molar-refractivity contribution in [3.8, 4) is 11.8 Å². The summed E-state index contributed by atoms with van der Waals surface area (Å²) in [6.45, 7) is 4.25. The number of nitrogens with one attached hydrogen (secondary N) is 1. The van der Waals surface area contributed by atoms with Crippen LogP contribution in [-0.2, 0) is 6.61 Å². The van der Waals surface area contributed by atoms with Crippen LogP contribution in [0.5, 0.6) is 5.75 Å². The highest BCUT2D eigenvalue weighted by Gasteiger charge is 2.09. The van der Waals surface area contributed by atoms with Gasteiger partial charge < -0.3 is 9.72 Å². The van der Waals surface area contributed by atoms with Crippen LogP contribution in [0.3, 0.4) is 0 Å². The van der Waals surface area contributed by atoms with Crippen LogP contribution < -0.4 is 4.74 Å².